The minimum atomic E-state index is -3.54. The molecule has 1 unspecified atom stereocenters. The largest absolute Gasteiger partial charge is 0.350 e. The SMILES string of the molecule is CCN(CC)S(=O)(=O)c1ccc(CNC(=O)CNC(=O)C2c3ccccc3C(=O)N2C2CC2)cc1. The van der Waals surface area contributed by atoms with E-state index in [1.807, 2.05) is 0 Å². The molecule has 1 saturated carbocycles. The fraction of sp³-hybridized carbons (Fsp3) is 0.400. The van der Waals surface area contributed by atoms with E-state index in [2.05, 4.69) is 10.6 Å². The highest BCUT2D eigenvalue weighted by Crippen LogP contribution is 2.41. The van der Waals surface area contributed by atoms with E-state index >= 15 is 0 Å². The Morgan fingerprint density at radius 1 is 1.00 bits per heavy atom. The Morgan fingerprint density at radius 2 is 1.66 bits per heavy atom. The summed E-state index contributed by atoms with van der Waals surface area (Å²) in [4.78, 5) is 39.9. The lowest BCUT2D eigenvalue weighted by Gasteiger charge is -2.24. The van der Waals surface area contributed by atoms with Crippen molar-refractivity contribution in [1.82, 2.24) is 19.8 Å². The molecule has 9 nitrogen and oxygen atoms in total. The lowest BCUT2D eigenvalue weighted by molar-refractivity contribution is -0.129. The Bertz CT molecular complexity index is 1220. The quantitative estimate of drug-likeness (QED) is 0.518. The van der Waals surface area contributed by atoms with Crippen molar-refractivity contribution in [3.05, 3.63) is 65.2 Å². The molecule has 2 aromatic rings. The number of nitrogens with zero attached hydrogens (tertiary/aromatic N) is 2. The van der Waals surface area contributed by atoms with Gasteiger partial charge in [0.1, 0.15) is 6.04 Å². The molecule has 4 rings (SSSR count). The lowest BCUT2D eigenvalue weighted by Crippen LogP contribution is -2.43. The molecule has 0 bridgehead atoms. The van der Waals surface area contributed by atoms with Crippen LogP contribution < -0.4 is 10.6 Å². The molecule has 1 fully saturated rings. The highest BCUT2D eigenvalue weighted by Gasteiger charge is 2.47. The number of fused-ring (bicyclic) bond motifs is 1. The molecule has 186 valence electrons. The molecular weight excluding hydrogens is 468 g/mol. The smallest absolute Gasteiger partial charge is 0.255 e. The van der Waals surface area contributed by atoms with E-state index in [-0.39, 0.29) is 41.7 Å². The van der Waals surface area contributed by atoms with Gasteiger partial charge >= 0.3 is 0 Å². The summed E-state index contributed by atoms with van der Waals surface area (Å²) in [7, 11) is -3.54. The first kappa shape index (κ1) is 24.9. The second-order valence-corrected chi connectivity index (χ2v) is 10.6. The average Bonchev–Trinajstić information content (AvgIpc) is 3.65. The number of amides is 3. The van der Waals surface area contributed by atoms with Crippen molar-refractivity contribution in [2.24, 2.45) is 0 Å². The van der Waals surface area contributed by atoms with Gasteiger partial charge in [-0.25, -0.2) is 8.42 Å². The maximum Gasteiger partial charge on any atom is 0.255 e. The van der Waals surface area contributed by atoms with Gasteiger partial charge in [0, 0.05) is 31.2 Å². The third-order valence-electron chi connectivity index (χ3n) is 6.37. The third-order valence-corrected chi connectivity index (χ3v) is 8.43. The van der Waals surface area contributed by atoms with Crippen LogP contribution in [-0.2, 0) is 26.2 Å². The predicted molar refractivity (Wildman–Crippen MR) is 130 cm³/mol. The van der Waals surface area contributed by atoms with Crippen LogP contribution in [0, 0.1) is 0 Å². The van der Waals surface area contributed by atoms with E-state index in [0.717, 1.165) is 18.4 Å². The molecule has 2 aromatic carbocycles. The standard InChI is InChI=1S/C25H30N4O5S/c1-3-28(4-2)35(33,34)19-13-9-17(10-14-19)15-26-22(30)16-27-24(31)23-20-7-5-6-8-21(20)25(32)29(23)18-11-12-18/h5-10,13-14,18,23H,3-4,11-12,15-16H2,1-2H3,(H,26,30)(H,27,31). The Morgan fingerprint density at radius 3 is 2.29 bits per heavy atom. The fourth-order valence-corrected chi connectivity index (χ4v) is 5.81. The Labute approximate surface area is 205 Å². The first-order chi connectivity index (χ1) is 16.8. The monoisotopic (exact) mass is 498 g/mol. The van der Waals surface area contributed by atoms with Crippen LogP contribution in [0.25, 0.3) is 0 Å². The molecular formula is C25H30N4O5S. The van der Waals surface area contributed by atoms with Crippen LogP contribution in [0.2, 0.25) is 0 Å². The minimum Gasteiger partial charge on any atom is -0.350 e. The highest BCUT2D eigenvalue weighted by atomic mass is 32.2. The second kappa shape index (κ2) is 10.2. The van der Waals surface area contributed by atoms with Gasteiger partial charge < -0.3 is 15.5 Å². The van der Waals surface area contributed by atoms with Gasteiger partial charge in [0.2, 0.25) is 21.8 Å². The molecule has 0 saturated heterocycles. The van der Waals surface area contributed by atoms with E-state index in [0.29, 0.717) is 24.2 Å². The van der Waals surface area contributed by atoms with Crippen LogP contribution in [0.3, 0.4) is 0 Å². The van der Waals surface area contributed by atoms with Crippen molar-refractivity contribution < 1.29 is 22.8 Å². The lowest BCUT2D eigenvalue weighted by atomic mass is 10.0. The van der Waals surface area contributed by atoms with Gasteiger partial charge in [-0.3, -0.25) is 14.4 Å². The number of sulfonamides is 1. The number of carbonyl (C=O) groups excluding carboxylic acids is 3. The number of hydrogen-bond donors (Lipinski definition) is 2. The zero-order chi connectivity index (χ0) is 25.2. The van der Waals surface area contributed by atoms with Crippen molar-refractivity contribution in [1.29, 1.82) is 0 Å². The van der Waals surface area contributed by atoms with Gasteiger partial charge in [-0.05, 0) is 42.2 Å². The first-order valence-corrected chi connectivity index (χ1v) is 13.3. The third kappa shape index (κ3) is 5.08. The molecule has 1 aliphatic heterocycles. The minimum absolute atomic E-state index is 0.0630. The summed E-state index contributed by atoms with van der Waals surface area (Å²) in [6.07, 6.45) is 1.75. The fourth-order valence-electron chi connectivity index (χ4n) is 4.35. The number of carbonyl (C=O) groups is 3. The normalized spacial score (nSPS) is 17.4. The Hall–Kier alpha value is -3.24. The van der Waals surface area contributed by atoms with E-state index < -0.39 is 16.1 Å². The Kier molecular flexibility index (Phi) is 7.23. The highest BCUT2D eigenvalue weighted by molar-refractivity contribution is 7.89. The van der Waals surface area contributed by atoms with Crippen molar-refractivity contribution in [2.75, 3.05) is 19.6 Å². The van der Waals surface area contributed by atoms with E-state index in [9.17, 15) is 22.8 Å². The number of nitrogens with one attached hydrogen (secondary N) is 2. The summed E-state index contributed by atoms with van der Waals surface area (Å²) in [5, 5.41) is 5.39. The molecule has 1 heterocycles. The summed E-state index contributed by atoms with van der Waals surface area (Å²) in [6, 6.07) is 12.8. The molecule has 1 atom stereocenters. The Balaban J connectivity index is 1.32. The summed E-state index contributed by atoms with van der Waals surface area (Å²) < 4.78 is 26.6. The van der Waals surface area contributed by atoms with Crippen LogP contribution in [0.4, 0.5) is 0 Å². The summed E-state index contributed by atoms with van der Waals surface area (Å²) in [6.45, 7) is 4.33. The average molecular weight is 499 g/mol. The molecule has 35 heavy (non-hydrogen) atoms. The van der Waals surface area contributed by atoms with E-state index in [1.165, 1.54) is 16.4 Å². The maximum atomic E-state index is 13.0. The van der Waals surface area contributed by atoms with Crippen molar-refractivity contribution in [2.45, 2.75) is 50.2 Å². The first-order valence-electron chi connectivity index (χ1n) is 11.8. The van der Waals surface area contributed by atoms with Crippen LogP contribution in [0.15, 0.2) is 53.4 Å². The summed E-state index contributed by atoms with van der Waals surface area (Å²) >= 11 is 0. The molecule has 0 aromatic heterocycles. The number of benzene rings is 2. The second-order valence-electron chi connectivity index (χ2n) is 8.66. The summed E-state index contributed by atoms with van der Waals surface area (Å²) in [5.41, 5.74) is 1.94. The van der Waals surface area contributed by atoms with Crippen molar-refractivity contribution >= 4 is 27.7 Å². The molecule has 10 heteroatoms. The molecule has 3 amide bonds. The van der Waals surface area contributed by atoms with Crippen LogP contribution in [0.1, 0.15) is 54.2 Å². The topological polar surface area (TPSA) is 116 Å². The van der Waals surface area contributed by atoms with Gasteiger partial charge in [-0.15, -0.1) is 0 Å². The van der Waals surface area contributed by atoms with Gasteiger partial charge in [-0.1, -0.05) is 44.2 Å². The summed E-state index contributed by atoms with van der Waals surface area (Å²) in [5.74, 6) is -0.899. The van der Waals surface area contributed by atoms with Crippen molar-refractivity contribution in [3.63, 3.8) is 0 Å². The van der Waals surface area contributed by atoms with Crippen molar-refractivity contribution in [3.8, 4) is 0 Å². The molecule has 1 aliphatic carbocycles. The van der Waals surface area contributed by atoms with Crippen LogP contribution in [0.5, 0.6) is 0 Å². The maximum absolute atomic E-state index is 13.0. The van der Waals surface area contributed by atoms with E-state index in [1.54, 1.807) is 55.1 Å². The van der Waals surface area contributed by atoms with Gasteiger partial charge in [0.25, 0.3) is 5.91 Å². The predicted octanol–water partition coefficient (Wildman–Crippen LogP) is 1.81. The number of hydrogen-bond acceptors (Lipinski definition) is 5. The number of rotatable bonds is 10. The molecule has 0 spiro atoms. The molecule has 2 aliphatic rings. The van der Waals surface area contributed by atoms with Gasteiger partial charge in [-0.2, -0.15) is 4.31 Å². The van der Waals surface area contributed by atoms with Crippen LogP contribution >= 0.6 is 0 Å². The van der Waals surface area contributed by atoms with Gasteiger partial charge in [0.05, 0.1) is 11.4 Å². The zero-order valence-electron chi connectivity index (χ0n) is 19.9. The van der Waals surface area contributed by atoms with Crippen LogP contribution in [-0.4, -0.2) is 61.0 Å². The molecule has 2 N–H and O–H groups in total. The van der Waals surface area contributed by atoms with Gasteiger partial charge in [0.15, 0.2) is 0 Å². The zero-order valence-corrected chi connectivity index (χ0v) is 20.7. The van der Waals surface area contributed by atoms with E-state index in [4.69, 9.17) is 0 Å². The molecule has 0 radical (unpaired) electrons.